The predicted octanol–water partition coefficient (Wildman–Crippen LogP) is -0.250. The van der Waals surface area contributed by atoms with Gasteiger partial charge < -0.3 is 25.2 Å². The van der Waals surface area contributed by atoms with Gasteiger partial charge in [0.05, 0.1) is 6.33 Å². The molecule has 8 nitrogen and oxygen atoms in total. The second-order valence-corrected chi connectivity index (χ2v) is 5.02. The minimum atomic E-state index is -1.37. The van der Waals surface area contributed by atoms with Gasteiger partial charge in [0.1, 0.15) is 35.9 Å². The Morgan fingerprint density at radius 3 is 2.77 bits per heavy atom. The van der Waals surface area contributed by atoms with E-state index in [9.17, 15) is 14.6 Å². The van der Waals surface area contributed by atoms with Gasteiger partial charge >= 0.3 is 0 Å². The number of nitrogens with zero attached hydrogens (tertiary/aromatic N) is 4. The second-order valence-electron chi connectivity index (χ2n) is 5.02. The number of rotatable bonds is 4. The van der Waals surface area contributed by atoms with Crippen LogP contribution in [0.3, 0.4) is 0 Å². The first-order valence-electron chi connectivity index (χ1n) is 6.80. The molecule has 9 heteroatoms. The lowest BCUT2D eigenvalue weighted by atomic mass is 10.1. The first kappa shape index (κ1) is 14.8. The van der Waals surface area contributed by atoms with Crippen molar-refractivity contribution in [3.63, 3.8) is 0 Å². The Kier molecular flexibility index (Phi) is 3.77. The van der Waals surface area contributed by atoms with Crippen molar-refractivity contribution in [1.82, 2.24) is 19.5 Å². The zero-order chi connectivity index (χ0) is 15.9. The molecule has 22 heavy (non-hydrogen) atoms. The Labute approximate surface area is 125 Å². The third-order valence-corrected chi connectivity index (χ3v) is 3.85. The van der Waals surface area contributed by atoms with E-state index in [-0.39, 0.29) is 18.6 Å². The van der Waals surface area contributed by atoms with Crippen molar-refractivity contribution in [1.29, 1.82) is 0 Å². The van der Waals surface area contributed by atoms with E-state index < -0.39 is 24.1 Å². The molecule has 0 fully saturated rings. The highest BCUT2D eigenvalue weighted by atomic mass is 19.1. The van der Waals surface area contributed by atoms with Crippen LogP contribution >= 0.6 is 0 Å². The van der Waals surface area contributed by atoms with Crippen LogP contribution in [0.15, 0.2) is 24.1 Å². The Hall–Kier alpha value is -2.10. The molecule has 118 valence electrons. The highest BCUT2D eigenvalue weighted by Crippen LogP contribution is 2.40. The maximum absolute atomic E-state index is 14.6. The summed E-state index contributed by atoms with van der Waals surface area (Å²) in [6, 6.07) is -1.12. The van der Waals surface area contributed by atoms with Crippen molar-refractivity contribution in [2.75, 3.05) is 19.0 Å². The second kappa shape index (κ2) is 5.59. The summed E-state index contributed by atoms with van der Waals surface area (Å²) < 4.78 is 15.9. The number of halogens is 1. The van der Waals surface area contributed by atoms with Gasteiger partial charge in [-0.1, -0.05) is 0 Å². The van der Waals surface area contributed by atoms with Crippen LogP contribution in [0.2, 0.25) is 0 Å². The van der Waals surface area contributed by atoms with Crippen LogP contribution in [0.5, 0.6) is 0 Å². The molecule has 0 spiro atoms. The van der Waals surface area contributed by atoms with Crippen LogP contribution in [0, 0.1) is 0 Å². The number of anilines is 1. The van der Waals surface area contributed by atoms with Crippen LogP contribution in [-0.4, -0.2) is 60.7 Å². The number of fused-ring (bicyclic) bond motifs is 1. The standard InChI is InChI=1S/C13H16FN5O3/c1-15-12-8-13(17-4-16-12)19(5-18-8)9-7(14)6(2-3-20)10(21)11(9)22/h4-5,9-11,20-22H,2-3H2,1H3,(H,15,16,17)/t9-,10-,11+/m1/s1. The fourth-order valence-electron chi connectivity index (χ4n) is 2.77. The summed E-state index contributed by atoms with van der Waals surface area (Å²) in [5, 5.41) is 31.9. The number of hydrogen-bond acceptors (Lipinski definition) is 7. The van der Waals surface area contributed by atoms with E-state index in [1.807, 2.05) is 0 Å². The highest BCUT2D eigenvalue weighted by Gasteiger charge is 2.43. The van der Waals surface area contributed by atoms with Gasteiger partial charge in [0.15, 0.2) is 11.5 Å². The third kappa shape index (κ3) is 2.05. The average molecular weight is 309 g/mol. The van der Waals surface area contributed by atoms with E-state index in [2.05, 4.69) is 20.3 Å². The molecular formula is C13H16FN5O3. The molecule has 0 aliphatic heterocycles. The molecule has 2 aromatic heterocycles. The average Bonchev–Trinajstić information content (AvgIpc) is 3.03. The summed E-state index contributed by atoms with van der Waals surface area (Å²) in [5.74, 6) is -0.185. The number of aromatic nitrogens is 4. The summed E-state index contributed by atoms with van der Waals surface area (Å²) in [7, 11) is 1.68. The molecule has 0 unspecified atom stereocenters. The molecule has 0 amide bonds. The molecule has 1 aliphatic rings. The Bertz CT molecular complexity index is 732. The van der Waals surface area contributed by atoms with Gasteiger partial charge in [0, 0.05) is 13.7 Å². The van der Waals surface area contributed by atoms with Gasteiger partial charge in [-0.25, -0.2) is 19.3 Å². The lowest BCUT2D eigenvalue weighted by Crippen LogP contribution is -2.30. The van der Waals surface area contributed by atoms with Crippen LogP contribution in [0.25, 0.3) is 11.2 Å². The monoisotopic (exact) mass is 309 g/mol. The largest absolute Gasteiger partial charge is 0.396 e. The van der Waals surface area contributed by atoms with E-state index in [1.165, 1.54) is 17.2 Å². The molecule has 3 rings (SSSR count). The topological polar surface area (TPSA) is 116 Å². The minimum absolute atomic E-state index is 0.00439. The summed E-state index contributed by atoms with van der Waals surface area (Å²) in [4.78, 5) is 12.2. The lowest BCUT2D eigenvalue weighted by Gasteiger charge is -2.19. The molecule has 4 N–H and O–H groups in total. The van der Waals surface area contributed by atoms with Crippen molar-refractivity contribution in [3.05, 3.63) is 24.1 Å². The summed E-state index contributed by atoms with van der Waals surface area (Å²) in [5.41, 5.74) is 0.788. The fraction of sp³-hybridized carbons (Fsp3) is 0.462. The number of hydrogen-bond donors (Lipinski definition) is 4. The highest BCUT2D eigenvalue weighted by molar-refractivity contribution is 5.82. The van der Waals surface area contributed by atoms with Gasteiger partial charge in [-0.15, -0.1) is 0 Å². The predicted molar refractivity (Wildman–Crippen MR) is 75.8 cm³/mol. The zero-order valence-corrected chi connectivity index (χ0v) is 11.8. The molecule has 0 radical (unpaired) electrons. The third-order valence-electron chi connectivity index (χ3n) is 3.85. The summed E-state index contributed by atoms with van der Waals surface area (Å²) >= 11 is 0. The maximum Gasteiger partial charge on any atom is 0.166 e. The molecule has 0 bridgehead atoms. The van der Waals surface area contributed by atoms with Gasteiger partial charge in [-0.05, 0) is 12.0 Å². The van der Waals surface area contributed by atoms with Crippen molar-refractivity contribution in [2.24, 2.45) is 0 Å². The SMILES string of the molecule is CNc1ncnc2c1ncn2[C@@H]1C(F)=C(CCO)[C@@H](O)[C@H]1O. The van der Waals surface area contributed by atoms with Crippen LogP contribution < -0.4 is 5.32 Å². The number of aliphatic hydroxyl groups excluding tert-OH is 3. The number of imidazole rings is 1. The van der Waals surface area contributed by atoms with E-state index >= 15 is 0 Å². The van der Waals surface area contributed by atoms with Crippen LogP contribution in [0.1, 0.15) is 12.5 Å². The Morgan fingerprint density at radius 1 is 1.32 bits per heavy atom. The van der Waals surface area contributed by atoms with Crippen molar-refractivity contribution in [2.45, 2.75) is 24.7 Å². The smallest absolute Gasteiger partial charge is 0.166 e. The Balaban J connectivity index is 2.11. The fourth-order valence-corrected chi connectivity index (χ4v) is 2.77. The van der Waals surface area contributed by atoms with Gasteiger partial charge in [0.2, 0.25) is 0 Å². The zero-order valence-electron chi connectivity index (χ0n) is 11.8. The van der Waals surface area contributed by atoms with Gasteiger partial charge in [0.25, 0.3) is 0 Å². The van der Waals surface area contributed by atoms with Gasteiger partial charge in [-0.2, -0.15) is 0 Å². The lowest BCUT2D eigenvalue weighted by molar-refractivity contribution is 0.0279. The van der Waals surface area contributed by atoms with Crippen LogP contribution in [0.4, 0.5) is 10.2 Å². The molecule has 0 aromatic carbocycles. The van der Waals surface area contributed by atoms with E-state index in [1.54, 1.807) is 7.05 Å². The Morgan fingerprint density at radius 2 is 2.09 bits per heavy atom. The molecule has 1 aliphatic carbocycles. The summed E-state index contributed by atoms with van der Waals surface area (Å²) in [6.45, 7) is -0.310. The van der Waals surface area contributed by atoms with Crippen molar-refractivity contribution in [3.8, 4) is 0 Å². The number of nitrogens with one attached hydrogen (secondary N) is 1. The number of aliphatic hydroxyl groups is 3. The summed E-state index contributed by atoms with van der Waals surface area (Å²) in [6.07, 6.45) is -0.112. The molecule has 0 saturated carbocycles. The minimum Gasteiger partial charge on any atom is -0.396 e. The normalized spacial score (nSPS) is 25.2. The first-order chi connectivity index (χ1) is 10.6. The molecule has 2 heterocycles. The first-order valence-corrected chi connectivity index (χ1v) is 6.80. The quantitative estimate of drug-likeness (QED) is 0.615. The van der Waals surface area contributed by atoms with E-state index in [0.29, 0.717) is 17.0 Å². The van der Waals surface area contributed by atoms with E-state index in [4.69, 9.17) is 5.11 Å². The molecule has 2 aromatic rings. The molecule has 0 saturated heterocycles. The van der Waals surface area contributed by atoms with E-state index in [0.717, 1.165) is 0 Å². The van der Waals surface area contributed by atoms with Gasteiger partial charge in [-0.3, -0.25) is 0 Å². The maximum atomic E-state index is 14.6. The van der Waals surface area contributed by atoms with Crippen molar-refractivity contribution < 1.29 is 19.7 Å². The van der Waals surface area contributed by atoms with Crippen LogP contribution in [-0.2, 0) is 0 Å². The van der Waals surface area contributed by atoms with Crippen molar-refractivity contribution >= 4 is 17.0 Å². The molecule has 3 atom stereocenters. The molecular weight excluding hydrogens is 293 g/mol.